The highest BCUT2D eigenvalue weighted by Crippen LogP contribution is 2.23. The quantitative estimate of drug-likeness (QED) is 0.197. The number of ether oxygens (including phenoxy) is 1. The van der Waals surface area contributed by atoms with Crippen molar-refractivity contribution >= 4 is 11.9 Å². The first-order valence-electron chi connectivity index (χ1n) is 11.1. The average Bonchev–Trinajstić information content (AvgIpc) is 3.12. The summed E-state index contributed by atoms with van der Waals surface area (Å²) in [6.45, 7) is 11.9. The lowest BCUT2D eigenvalue weighted by Crippen LogP contribution is -2.47. The zero-order valence-electron chi connectivity index (χ0n) is 20.2. The molecular weight excluding hydrogens is 435 g/mol. The number of hydrogen-bond acceptors (Lipinski definition) is 4. The number of aromatic nitrogens is 2. The van der Waals surface area contributed by atoms with Gasteiger partial charge < -0.3 is 19.5 Å². The van der Waals surface area contributed by atoms with Crippen LogP contribution in [0.4, 0.5) is 18.0 Å². The monoisotopic (exact) mass is 471 g/mol. The number of aryl methyl sites for hydroxylation is 1. The summed E-state index contributed by atoms with van der Waals surface area (Å²) < 4.78 is 45.7. The second-order valence-electron chi connectivity index (χ2n) is 8.04. The Balaban J connectivity index is 2.66. The molecule has 1 unspecified atom stereocenters. The first-order chi connectivity index (χ1) is 15.4. The Morgan fingerprint density at radius 1 is 1.39 bits per heavy atom. The summed E-state index contributed by atoms with van der Waals surface area (Å²) in [5.74, 6) is 0.926. The lowest BCUT2D eigenvalue weighted by molar-refractivity contribution is -0.136. The van der Waals surface area contributed by atoms with Gasteiger partial charge in [-0.2, -0.15) is 13.2 Å². The highest BCUT2D eigenvalue weighted by molar-refractivity contribution is 5.91. The average molecular weight is 472 g/mol. The molecule has 1 rings (SSSR count). The van der Waals surface area contributed by atoms with Crippen molar-refractivity contribution in [1.29, 1.82) is 0 Å². The first-order valence-corrected chi connectivity index (χ1v) is 11.1. The molecule has 186 valence electrons. The number of halogens is 3. The van der Waals surface area contributed by atoms with Crippen LogP contribution in [0.15, 0.2) is 41.8 Å². The van der Waals surface area contributed by atoms with Crippen molar-refractivity contribution in [2.45, 2.75) is 71.6 Å². The molecule has 0 aliphatic heterocycles. The highest BCUT2D eigenvalue weighted by atomic mass is 19.4. The van der Waals surface area contributed by atoms with Crippen LogP contribution in [-0.4, -0.2) is 57.8 Å². The van der Waals surface area contributed by atoms with E-state index in [0.717, 1.165) is 0 Å². The Morgan fingerprint density at radius 3 is 2.61 bits per heavy atom. The number of alkyl halides is 3. The number of aliphatic imine (C=N–C) groups is 1. The van der Waals surface area contributed by atoms with Crippen molar-refractivity contribution in [3.63, 3.8) is 0 Å². The molecule has 0 saturated carbocycles. The summed E-state index contributed by atoms with van der Waals surface area (Å²) in [7, 11) is 1.83. The van der Waals surface area contributed by atoms with E-state index in [-0.39, 0.29) is 18.5 Å². The van der Waals surface area contributed by atoms with Gasteiger partial charge in [0, 0.05) is 50.2 Å². The van der Waals surface area contributed by atoms with E-state index in [2.05, 4.69) is 21.9 Å². The van der Waals surface area contributed by atoms with E-state index in [1.807, 2.05) is 33.9 Å². The van der Waals surface area contributed by atoms with Crippen LogP contribution in [-0.2, 0) is 11.8 Å². The van der Waals surface area contributed by atoms with Gasteiger partial charge in [0.2, 0.25) is 0 Å². The van der Waals surface area contributed by atoms with E-state index >= 15 is 0 Å². The largest absolute Gasteiger partial charge is 0.475 e. The molecule has 2 amide bonds. The van der Waals surface area contributed by atoms with Crippen LogP contribution in [0, 0.1) is 0 Å². The molecule has 1 heterocycles. The lowest BCUT2D eigenvalue weighted by Gasteiger charge is -2.28. The van der Waals surface area contributed by atoms with E-state index in [4.69, 9.17) is 4.74 Å². The van der Waals surface area contributed by atoms with Gasteiger partial charge in [0.25, 0.3) is 5.90 Å². The van der Waals surface area contributed by atoms with Crippen molar-refractivity contribution in [3.8, 4) is 0 Å². The third-order valence-electron chi connectivity index (χ3n) is 4.74. The molecule has 0 radical (unpaired) electrons. The van der Waals surface area contributed by atoms with Crippen LogP contribution in [0.1, 0.15) is 59.2 Å². The second kappa shape index (κ2) is 13.7. The number of nitrogens with one attached hydrogen (secondary N) is 1. The molecule has 0 fully saturated rings. The maximum atomic E-state index is 12.7. The number of urea groups is 1. The number of rotatable bonds is 12. The molecule has 1 aromatic rings. The molecule has 1 aromatic heterocycles. The van der Waals surface area contributed by atoms with Crippen LogP contribution in [0.2, 0.25) is 0 Å². The van der Waals surface area contributed by atoms with Gasteiger partial charge in [-0.15, -0.1) is 0 Å². The fraction of sp³-hybridized carbons (Fsp3) is 0.609. The summed E-state index contributed by atoms with van der Waals surface area (Å²) in [5.41, 5.74) is 0.578. The van der Waals surface area contributed by atoms with Crippen LogP contribution < -0.4 is 5.32 Å². The number of carbonyl (C=O) groups excluding carboxylic acids is 1. The number of amides is 2. The van der Waals surface area contributed by atoms with Crippen molar-refractivity contribution in [2.75, 3.05) is 13.2 Å². The summed E-state index contributed by atoms with van der Waals surface area (Å²) in [4.78, 5) is 22.5. The predicted molar refractivity (Wildman–Crippen MR) is 124 cm³/mol. The summed E-state index contributed by atoms with van der Waals surface area (Å²) in [5, 5.41) is 2.74. The fourth-order valence-corrected chi connectivity index (χ4v) is 3.08. The van der Waals surface area contributed by atoms with Gasteiger partial charge in [0.1, 0.15) is 0 Å². The molecule has 0 aliphatic rings. The van der Waals surface area contributed by atoms with Crippen molar-refractivity contribution in [3.05, 3.63) is 42.6 Å². The molecule has 0 aliphatic carbocycles. The minimum atomic E-state index is -4.27. The molecule has 1 atom stereocenters. The van der Waals surface area contributed by atoms with Crippen molar-refractivity contribution in [2.24, 2.45) is 12.0 Å². The Labute approximate surface area is 194 Å². The molecule has 0 aromatic carbocycles. The van der Waals surface area contributed by atoms with Gasteiger partial charge in [0.05, 0.1) is 6.61 Å². The zero-order chi connectivity index (χ0) is 25.0. The third kappa shape index (κ3) is 11.1. The van der Waals surface area contributed by atoms with Crippen LogP contribution in [0.5, 0.6) is 0 Å². The predicted octanol–water partition coefficient (Wildman–Crippen LogP) is 5.20. The second-order valence-corrected chi connectivity index (χ2v) is 8.04. The maximum absolute atomic E-state index is 12.7. The number of nitrogens with zero attached hydrogens (tertiary/aromatic N) is 4. The summed E-state index contributed by atoms with van der Waals surface area (Å²) in [6.07, 6.45) is 2.43. The third-order valence-corrected chi connectivity index (χ3v) is 4.74. The molecule has 0 spiro atoms. The number of imidazole rings is 1. The van der Waals surface area contributed by atoms with Gasteiger partial charge in [-0.25, -0.2) is 14.8 Å². The van der Waals surface area contributed by atoms with Crippen molar-refractivity contribution in [1.82, 2.24) is 19.8 Å². The standard InChI is InChI=1S/C23H36F3N5O2/c1-7-31(18(4)5)22(32)29-19(12-13-23(24,25)26)11-9-8-10-16-33-21(28-17(2)3)20-27-14-15-30(20)6/h8-9,14-15,18-19H,2,7,10-13,16H2,1,3-6H3,(H,29,32)/b9-8+,28-21?. The zero-order valence-corrected chi connectivity index (χ0v) is 20.2. The van der Waals surface area contributed by atoms with Crippen LogP contribution in [0.3, 0.4) is 0 Å². The molecule has 1 N–H and O–H groups in total. The van der Waals surface area contributed by atoms with E-state index in [1.165, 1.54) is 0 Å². The molecule has 0 bridgehead atoms. The van der Waals surface area contributed by atoms with E-state index in [1.54, 1.807) is 34.9 Å². The highest BCUT2D eigenvalue weighted by Gasteiger charge is 2.29. The lowest BCUT2D eigenvalue weighted by atomic mass is 10.1. The van der Waals surface area contributed by atoms with E-state index in [0.29, 0.717) is 43.4 Å². The molecule has 0 saturated heterocycles. The van der Waals surface area contributed by atoms with E-state index < -0.39 is 18.6 Å². The number of allylic oxidation sites excluding steroid dienone is 1. The molecular formula is C23H36F3N5O2. The topological polar surface area (TPSA) is 71.8 Å². The van der Waals surface area contributed by atoms with E-state index in [9.17, 15) is 18.0 Å². The van der Waals surface area contributed by atoms with Crippen molar-refractivity contribution < 1.29 is 22.7 Å². The number of carbonyl (C=O) groups is 1. The SMILES string of the molecule is C=C(C)N=C(OCC/C=C/CC(CCC(F)(F)F)NC(=O)N(CC)C(C)C)c1nccn1C. The molecule has 33 heavy (non-hydrogen) atoms. The van der Waals surface area contributed by atoms with Gasteiger partial charge in [-0.1, -0.05) is 18.7 Å². The Hall–Kier alpha value is -2.78. The minimum absolute atomic E-state index is 0.0419. The Morgan fingerprint density at radius 2 is 2.09 bits per heavy atom. The van der Waals surface area contributed by atoms with Crippen LogP contribution in [0.25, 0.3) is 0 Å². The normalized spacial score (nSPS) is 13.4. The first kappa shape index (κ1) is 28.3. The minimum Gasteiger partial charge on any atom is -0.475 e. The summed E-state index contributed by atoms with van der Waals surface area (Å²) >= 11 is 0. The smallest absolute Gasteiger partial charge is 0.389 e. The van der Waals surface area contributed by atoms with Gasteiger partial charge >= 0.3 is 12.2 Å². The van der Waals surface area contributed by atoms with Gasteiger partial charge in [-0.05, 0) is 47.0 Å². The Kier molecular flexibility index (Phi) is 11.7. The summed E-state index contributed by atoms with van der Waals surface area (Å²) in [6, 6.07) is -1.01. The van der Waals surface area contributed by atoms with Gasteiger partial charge in [0.15, 0.2) is 5.82 Å². The number of hydrogen-bond donors (Lipinski definition) is 1. The fourth-order valence-electron chi connectivity index (χ4n) is 3.08. The maximum Gasteiger partial charge on any atom is 0.389 e. The molecule has 10 heteroatoms. The van der Waals surface area contributed by atoms with Gasteiger partial charge in [-0.3, -0.25) is 0 Å². The Bertz CT molecular complexity index is 815. The van der Waals surface area contributed by atoms with Crippen LogP contribution >= 0.6 is 0 Å². The molecule has 7 nitrogen and oxygen atoms in total.